The van der Waals surface area contributed by atoms with Crippen LogP contribution in [0.25, 0.3) is 0 Å². The van der Waals surface area contributed by atoms with E-state index in [4.69, 9.17) is 5.73 Å². The monoisotopic (exact) mass is 264 g/mol. The molecule has 2 heterocycles. The fraction of sp³-hybridized carbons (Fsp3) is 0.538. The molecule has 0 radical (unpaired) electrons. The van der Waals surface area contributed by atoms with Crippen LogP contribution in [0.1, 0.15) is 23.3 Å². The Labute approximate surface area is 112 Å². The van der Waals surface area contributed by atoms with E-state index in [1.165, 1.54) is 4.90 Å². The molecule has 0 bridgehead atoms. The van der Waals surface area contributed by atoms with Crippen LogP contribution in [0, 0.1) is 0 Å². The van der Waals surface area contributed by atoms with E-state index >= 15 is 0 Å². The highest BCUT2D eigenvalue weighted by Crippen LogP contribution is 2.22. The second kappa shape index (κ2) is 4.95. The zero-order valence-corrected chi connectivity index (χ0v) is 11.6. The molecule has 1 unspecified atom stereocenters. The van der Waals surface area contributed by atoms with Crippen molar-refractivity contribution in [3.8, 4) is 0 Å². The van der Waals surface area contributed by atoms with E-state index in [2.05, 4.69) is 0 Å². The highest BCUT2D eigenvalue weighted by atomic mass is 16.2. The lowest BCUT2D eigenvalue weighted by Gasteiger charge is -2.26. The molecule has 1 aliphatic rings. The van der Waals surface area contributed by atoms with Gasteiger partial charge in [-0.2, -0.15) is 0 Å². The minimum Gasteiger partial charge on any atom is -0.397 e. The fourth-order valence-electron chi connectivity index (χ4n) is 2.51. The Hall–Kier alpha value is -1.98. The number of nitrogens with zero attached hydrogens (tertiary/aromatic N) is 3. The number of aromatic nitrogens is 1. The maximum atomic E-state index is 12.5. The van der Waals surface area contributed by atoms with Gasteiger partial charge in [-0.05, 0) is 18.9 Å². The van der Waals surface area contributed by atoms with Gasteiger partial charge in [0.15, 0.2) is 0 Å². The average Bonchev–Trinajstić information content (AvgIpc) is 2.93. The number of aryl methyl sites for hydroxylation is 1. The molecule has 0 spiro atoms. The first-order valence-electron chi connectivity index (χ1n) is 6.35. The molecule has 1 aromatic heterocycles. The van der Waals surface area contributed by atoms with Crippen LogP contribution < -0.4 is 5.73 Å². The van der Waals surface area contributed by atoms with Gasteiger partial charge in [0, 0.05) is 33.9 Å². The van der Waals surface area contributed by atoms with Crippen LogP contribution in [0.3, 0.4) is 0 Å². The number of anilines is 1. The lowest BCUT2D eigenvalue weighted by Crippen LogP contribution is -2.45. The second-order valence-electron chi connectivity index (χ2n) is 5.16. The number of amides is 2. The van der Waals surface area contributed by atoms with Crippen molar-refractivity contribution in [3.05, 3.63) is 18.0 Å². The van der Waals surface area contributed by atoms with Crippen molar-refractivity contribution in [2.24, 2.45) is 7.05 Å². The highest BCUT2D eigenvalue weighted by molar-refractivity contribution is 5.97. The number of hydrogen-bond acceptors (Lipinski definition) is 3. The van der Waals surface area contributed by atoms with E-state index < -0.39 is 0 Å². The van der Waals surface area contributed by atoms with Gasteiger partial charge >= 0.3 is 0 Å². The number of rotatable bonds is 2. The van der Waals surface area contributed by atoms with Crippen LogP contribution in [0.4, 0.5) is 5.69 Å². The molecular weight excluding hydrogens is 244 g/mol. The topological polar surface area (TPSA) is 71.6 Å². The summed E-state index contributed by atoms with van der Waals surface area (Å²) < 4.78 is 1.70. The zero-order valence-electron chi connectivity index (χ0n) is 11.6. The smallest absolute Gasteiger partial charge is 0.271 e. The molecule has 104 valence electrons. The molecular formula is C13H20N4O2. The van der Waals surface area contributed by atoms with Gasteiger partial charge in [0.2, 0.25) is 5.91 Å². The minimum atomic E-state index is -0.348. The molecule has 0 aromatic carbocycles. The lowest BCUT2D eigenvalue weighted by atomic mass is 10.2. The molecule has 1 saturated heterocycles. The van der Waals surface area contributed by atoms with E-state index in [9.17, 15) is 9.59 Å². The van der Waals surface area contributed by atoms with Crippen LogP contribution in [-0.4, -0.2) is 52.9 Å². The fourth-order valence-corrected chi connectivity index (χ4v) is 2.51. The molecule has 2 amide bonds. The van der Waals surface area contributed by atoms with E-state index in [0.29, 0.717) is 17.9 Å². The van der Waals surface area contributed by atoms with Gasteiger partial charge in [-0.15, -0.1) is 0 Å². The first kappa shape index (κ1) is 13.5. The molecule has 6 nitrogen and oxygen atoms in total. The third-order valence-electron chi connectivity index (χ3n) is 3.48. The van der Waals surface area contributed by atoms with Crippen molar-refractivity contribution in [1.82, 2.24) is 14.4 Å². The summed E-state index contributed by atoms with van der Waals surface area (Å²) in [5, 5.41) is 0. The largest absolute Gasteiger partial charge is 0.397 e. The Kier molecular flexibility index (Phi) is 3.50. The van der Waals surface area contributed by atoms with E-state index in [1.807, 2.05) is 0 Å². The predicted octanol–water partition coefficient (Wildman–Crippen LogP) is 0.300. The third kappa shape index (κ3) is 2.43. The normalized spacial score (nSPS) is 18.7. The van der Waals surface area contributed by atoms with Gasteiger partial charge in [0.1, 0.15) is 11.7 Å². The molecule has 6 heteroatoms. The number of likely N-dealkylation sites (tertiary alicyclic amines) is 1. The van der Waals surface area contributed by atoms with Crippen LogP contribution >= 0.6 is 0 Å². The number of carbonyl (C=O) groups excluding carboxylic acids is 2. The second-order valence-corrected chi connectivity index (χ2v) is 5.16. The van der Waals surface area contributed by atoms with E-state index in [-0.39, 0.29) is 17.9 Å². The molecule has 2 rings (SSSR count). The average molecular weight is 264 g/mol. The quantitative estimate of drug-likeness (QED) is 0.835. The first-order chi connectivity index (χ1) is 8.91. The molecule has 1 atom stereocenters. The molecule has 2 N–H and O–H groups in total. The summed E-state index contributed by atoms with van der Waals surface area (Å²) in [5.41, 5.74) is 6.77. The Bertz CT molecular complexity index is 507. The van der Waals surface area contributed by atoms with Crippen LogP contribution in [0.5, 0.6) is 0 Å². The maximum Gasteiger partial charge on any atom is 0.271 e. The molecule has 19 heavy (non-hydrogen) atoms. The van der Waals surface area contributed by atoms with Crippen molar-refractivity contribution in [2.75, 3.05) is 26.4 Å². The summed E-state index contributed by atoms with van der Waals surface area (Å²) in [6, 6.07) is 1.30. The highest BCUT2D eigenvalue weighted by Gasteiger charge is 2.36. The molecule has 1 aromatic rings. The van der Waals surface area contributed by atoms with Crippen molar-refractivity contribution in [3.63, 3.8) is 0 Å². The van der Waals surface area contributed by atoms with Crippen molar-refractivity contribution in [2.45, 2.75) is 18.9 Å². The molecule has 1 fully saturated rings. The summed E-state index contributed by atoms with van der Waals surface area (Å²) in [6.45, 7) is 0.619. The Morgan fingerprint density at radius 1 is 1.42 bits per heavy atom. The van der Waals surface area contributed by atoms with Crippen LogP contribution in [-0.2, 0) is 11.8 Å². The number of hydrogen-bond donors (Lipinski definition) is 1. The SMILES string of the molecule is CN(C)C(=O)C1CCCN1C(=O)c1cc(N)cn1C. The number of nitrogens with two attached hydrogens (primary N) is 1. The zero-order chi connectivity index (χ0) is 14.2. The molecule has 1 aliphatic heterocycles. The third-order valence-corrected chi connectivity index (χ3v) is 3.48. The minimum absolute atomic E-state index is 0.0203. The van der Waals surface area contributed by atoms with E-state index in [0.717, 1.165) is 12.8 Å². The van der Waals surface area contributed by atoms with Crippen molar-refractivity contribution < 1.29 is 9.59 Å². The first-order valence-corrected chi connectivity index (χ1v) is 6.35. The lowest BCUT2D eigenvalue weighted by molar-refractivity contribution is -0.132. The standard InChI is InChI=1S/C13H20N4O2/c1-15(2)12(18)10-5-4-6-17(10)13(19)11-7-9(14)8-16(11)3/h7-8,10H,4-6,14H2,1-3H3. The Morgan fingerprint density at radius 3 is 2.63 bits per heavy atom. The predicted molar refractivity (Wildman–Crippen MR) is 72.6 cm³/mol. The summed E-state index contributed by atoms with van der Waals surface area (Å²) in [4.78, 5) is 27.8. The summed E-state index contributed by atoms with van der Waals surface area (Å²) in [7, 11) is 5.20. The number of nitrogen functional groups attached to an aromatic ring is 1. The molecule has 0 saturated carbocycles. The van der Waals surface area contributed by atoms with Gasteiger partial charge in [-0.25, -0.2) is 0 Å². The van der Waals surface area contributed by atoms with Crippen molar-refractivity contribution in [1.29, 1.82) is 0 Å². The maximum absolute atomic E-state index is 12.5. The summed E-state index contributed by atoms with van der Waals surface area (Å²) >= 11 is 0. The van der Waals surface area contributed by atoms with Crippen molar-refractivity contribution >= 4 is 17.5 Å². The molecule has 0 aliphatic carbocycles. The Morgan fingerprint density at radius 2 is 2.11 bits per heavy atom. The van der Waals surface area contributed by atoms with Gasteiger partial charge in [-0.3, -0.25) is 9.59 Å². The summed E-state index contributed by atoms with van der Waals surface area (Å²) in [5.74, 6) is -0.148. The summed E-state index contributed by atoms with van der Waals surface area (Å²) in [6.07, 6.45) is 3.28. The van der Waals surface area contributed by atoms with Gasteiger partial charge in [-0.1, -0.05) is 0 Å². The van der Waals surface area contributed by atoms with Crippen LogP contribution in [0.15, 0.2) is 12.3 Å². The van der Waals surface area contributed by atoms with Gasteiger partial charge in [0.05, 0.1) is 5.69 Å². The number of carbonyl (C=O) groups is 2. The van der Waals surface area contributed by atoms with E-state index in [1.54, 1.807) is 42.9 Å². The number of likely N-dealkylation sites (N-methyl/N-ethyl adjacent to an activating group) is 1. The van der Waals surface area contributed by atoms with Crippen LogP contribution in [0.2, 0.25) is 0 Å². The van der Waals surface area contributed by atoms with Gasteiger partial charge < -0.3 is 20.1 Å². The Balaban J connectivity index is 2.23. The van der Waals surface area contributed by atoms with Gasteiger partial charge in [0.25, 0.3) is 5.91 Å².